The van der Waals surface area contributed by atoms with E-state index < -0.39 is 0 Å². The molecule has 6 heteroatoms. The Labute approximate surface area is 155 Å². The summed E-state index contributed by atoms with van der Waals surface area (Å²) < 4.78 is 14.5. The number of fused-ring (bicyclic) bond motifs is 1. The minimum atomic E-state index is -0.289. The van der Waals surface area contributed by atoms with Crippen molar-refractivity contribution in [3.05, 3.63) is 69.8 Å². The number of halogens is 2. The van der Waals surface area contributed by atoms with Gasteiger partial charge in [-0.25, -0.2) is 4.39 Å². The first-order valence-electron chi connectivity index (χ1n) is 7.84. The first kappa shape index (κ1) is 17.9. The van der Waals surface area contributed by atoms with E-state index in [4.69, 9.17) is 11.6 Å². The van der Waals surface area contributed by atoms with Gasteiger partial charge in [-0.1, -0.05) is 41.9 Å². The first-order valence-corrected chi connectivity index (χ1v) is 9.04. The Hall–Kier alpha value is -1.95. The number of nitrogens with zero attached hydrogens (tertiary/aromatic N) is 1. The summed E-state index contributed by atoms with van der Waals surface area (Å²) >= 11 is 7.73. The normalized spacial score (nSPS) is 12.5. The van der Waals surface area contributed by atoms with Gasteiger partial charge in [0.1, 0.15) is 10.7 Å². The van der Waals surface area contributed by atoms with E-state index in [1.54, 1.807) is 6.07 Å². The van der Waals surface area contributed by atoms with Gasteiger partial charge in [0.25, 0.3) is 5.91 Å². The summed E-state index contributed by atoms with van der Waals surface area (Å²) in [4.78, 5) is 15.0. The number of carbonyl (C=O) groups is 1. The SMILES string of the molecule is CN(C)C(CNC(=O)c1sc2ccccc2c1Cl)c1cccc(F)c1. The minimum absolute atomic E-state index is 0.132. The van der Waals surface area contributed by atoms with E-state index in [1.807, 2.05) is 49.3 Å². The van der Waals surface area contributed by atoms with Crippen LogP contribution in [-0.4, -0.2) is 31.4 Å². The molecule has 0 saturated carbocycles. The van der Waals surface area contributed by atoms with Crippen LogP contribution in [-0.2, 0) is 0 Å². The molecule has 0 aliphatic carbocycles. The Morgan fingerprint density at radius 1 is 1.24 bits per heavy atom. The first-order chi connectivity index (χ1) is 12.0. The lowest BCUT2D eigenvalue weighted by Crippen LogP contribution is -2.34. The van der Waals surface area contributed by atoms with E-state index in [9.17, 15) is 9.18 Å². The Morgan fingerprint density at radius 2 is 2.00 bits per heavy atom. The smallest absolute Gasteiger partial charge is 0.262 e. The highest BCUT2D eigenvalue weighted by Crippen LogP contribution is 2.35. The van der Waals surface area contributed by atoms with E-state index >= 15 is 0 Å². The van der Waals surface area contributed by atoms with Crippen LogP contribution in [0.3, 0.4) is 0 Å². The van der Waals surface area contributed by atoms with Gasteiger partial charge in [-0.05, 0) is 37.9 Å². The van der Waals surface area contributed by atoms with Crippen molar-refractivity contribution in [2.75, 3.05) is 20.6 Å². The Balaban J connectivity index is 1.78. The summed E-state index contributed by atoms with van der Waals surface area (Å²) in [7, 11) is 3.79. The van der Waals surface area contributed by atoms with Crippen LogP contribution in [0.4, 0.5) is 4.39 Å². The van der Waals surface area contributed by atoms with Gasteiger partial charge in [0, 0.05) is 16.6 Å². The standard InChI is InChI=1S/C19H18ClFN2OS/c1-23(2)15(12-6-5-7-13(21)10-12)11-22-19(24)18-17(20)14-8-3-4-9-16(14)25-18/h3-10,15H,11H2,1-2H3,(H,22,24). The Kier molecular flexibility index (Phi) is 5.37. The van der Waals surface area contributed by atoms with Crippen LogP contribution in [0.2, 0.25) is 5.02 Å². The summed E-state index contributed by atoms with van der Waals surface area (Å²) in [5.74, 6) is -0.502. The molecule has 0 aliphatic heterocycles. The lowest BCUT2D eigenvalue weighted by Gasteiger charge is -2.25. The molecule has 3 nitrogen and oxygen atoms in total. The fourth-order valence-electron chi connectivity index (χ4n) is 2.74. The average Bonchev–Trinajstić information content (AvgIpc) is 2.92. The van der Waals surface area contributed by atoms with Crippen molar-refractivity contribution in [1.82, 2.24) is 10.2 Å². The maximum Gasteiger partial charge on any atom is 0.262 e. The second-order valence-electron chi connectivity index (χ2n) is 5.99. The van der Waals surface area contributed by atoms with Crippen LogP contribution in [0.1, 0.15) is 21.3 Å². The van der Waals surface area contributed by atoms with Crippen LogP contribution < -0.4 is 5.32 Å². The maximum atomic E-state index is 13.5. The largest absolute Gasteiger partial charge is 0.349 e. The van der Waals surface area contributed by atoms with Crippen molar-refractivity contribution in [2.45, 2.75) is 6.04 Å². The zero-order valence-corrected chi connectivity index (χ0v) is 15.5. The molecule has 1 atom stereocenters. The van der Waals surface area contributed by atoms with E-state index in [2.05, 4.69) is 5.32 Å². The molecule has 0 fully saturated rings. The predicted octanol–water partition coefficient (Wildman–Crippen LogP) is 4.73. The fourth-order valence-corrected chi connectivity index (χ4v) is 4.18. The van der Waals surface area contributed by atoms with Crippen LogP contribution >= 0.6 is 22.9 Å². The number of nitrogens with one attached hydrogen (secondary N) is 1. The van der Waals surface area contributed by atoms with Gasteiger partial charge in [-0.15, -0.1) is 11.3 Å². The third-order valence-corrected chi connectivity index (χ3v) is 5.73. The number of hydrogen-bond donors (Lipinski definition) is 1. The third-order valence-electron chi connectivity index (χ3n) is 4.05. The lowest BCUT2D eigenvalue weighted by molar-refractivity contribution is 0.0946. The Bertz CT molecular complexity index is 909. The number of thiophene rings is 1. The molecule has 0 spiro atoms. The summed E-state index contributed by atoms with van der Waals surface area (Å²) in [6.45, 7) is 0.361. The average molecular weight is 377 g/mol. The van der Waals surface area contributed by atoms with Gasteiger partial charge in [0.2, 0.25) is 0 Å². The Morgan fingerprint density at radius 3 is 2.68 bits per heavy atom. The molecule has 25 heavy (non-hydrogen) atoms. The number of likely N-dealkylation sites (N-methyl/N-ethyl adjacent to an activating group) is 1. The zero-order valence-electron chi connectivity index (χ0n) is 13.9. The van der Waals surface area contributed by atoms with E-state index in [-0.39, 0.29) is 17.8 Å². The second kappa shape index (κ2) is 7.52. The molecule has 1 amide bonds. The summed E-state index contributed by atoms with van der Waals surface area (Å²) in [6, 6.07) is 14.0. The zero-order chi connectivity index (χ0) is 18.0. The molecule has 3 aromatic rings. The number of benzene rings is 2. The molecular weight excluding hydrogens is 359 g/mol. The van der Waals surface area contributed by atoms with Crippen LogP contribution in [0.15, 0.2) is 48.5 Å². The molecule has 2 aromatic carbocycles. The van der Waals surface area contributed by atoms with Gasteiger partial charge in [0.15, 0.2) is 0 Å². The summed E-state index contributed by atoms with van der Waals surface area (Å²) in [5.41, 5.74) is 0.813. The topological polar surface area (TPSA) is 32.3 Å². The van der Waals surface area contributed by atoms with Crippen molar-refractivity contribution in [1.29, 1.82) is 0 Å². The fraction of sp³-hybridized carbons (Fsp3) is 0.211. The van der Waals surface area contributed by atoms with Crippen molar-refractivity contribution >= 4 is 38.9 Å². The molecule has 0 bridgehead atoms. The number of amides is 1. The molecule has 1 aromatic heterocycles. The van der Waals surface area contributed by atoms with Crippen molar-refractivity contribution < 1.29 is 9.18 Å². The van der Waals surface area contributed by atoms with Gasteiger partial charge >= 0.3 is 0 Å². The number of rotatable bonds is 5. The molecule has 1 N–H and O–H groups in total. The van der Waals surface area contributed by atoms with Crippen molar-refractivity contribution in [3.63, 3.8) is 0 Å². The molecule has 130 valence electrons. The number of carbonyl (C=O) groups excluding carboxylic acids is 1. The predicted molar refractivity (Wildman–Crippen MR) is 102 cm³/mol. The van der Waals surface area contributed by atoms with Gasteiger partial charge < -0.3 is 10.2 Å². The number of hydrogen-bond acceptors (Lipinski definition) is 3. The molecule has 0 aliphatic rings. The summed E-state index contributed by atoms with van der Waals surface area (Å²) in [6.07, 6.45) is 0. The van der Waals surface area contributed by atoms with Gasteiger partial charge in [0.05, 0.1) is 11.1 Å². The van der Waals surface area contributed by atoms with Crippen molar-refractivity contribution in [2.24, 2.45) is 0 Å². The van der Waals surface area contributed by atoms with Crippen LogP contribution in [0.5, 0.6) is 0 Å². The van der Waals surface area contributed by atoms with Gasteiger partial charge in [-0.3, -0.25) is 4.79 Å². The monoisotopic (exact) mass is 376 g/mol. The molecular formula is C19H18ClFN2OS. The molecule has 0 radical (unpaired) electrons. The molecule has 1 heterocycles. The van der Waals surface area contributed by atoms with E-state index in [0.717, 1.165) is 15.6 Å². The molecule has 1 unspecified atom stereocenters. The minimum Gasteiger partial charge on any atom is -0.349 e. The summed E-state index contributed by atoms with van der Waals surface area (Å²) in [5, 5.41) is 4.28. The molecule has 0 saturated heterocycles. The maximum absolute atomic E-state index is 13.5. The quantitative estimate of drug-likeness (QED) is 0.698. The van der Waals surface area contributed by atoms with E-state index in [0.29, 0.717) is 16.4 Å². The third kappa shape index (κ3) is 3.84. The highest BCUT2D eigenvalue weighted by Gasteiger charge is 2.20. The van der Waals surface area contributed by atoms with Crippen molar-refractivity contribution in [3.8, 4) is 0 Å². The van der Waals surface area contributed by atoms with E-state index in [1.165, 1.54) is 23.5 Å². The van der Waals surface area contributed by atoms with Crippen LogP contribution in [0, 0.1) is 5.82 Å². The molecule has 3 rings (SSSR count). The van der Waals surface area contributed by atoms with Crippen LogP contribution in [0.25, 0.3) is 10.1 Å². The van der Waals surface area contributed by atoms with Gasteiger partial charge in [-0.2, -0.15) is 0 Å². The lowest BCUT2D eigenvalue weighted by atomic mass is 10.1. The highest BCUT2D eigenvalue weighted by atomic mass is 35.5. The second-order valence-corrected chi connectivity index (χ2v) is 7.42. The highest BCUT2D eigenvalue weighted by molar-refractivity contribution is 7.21.